The lowest BCUT2D eigenvalue weighted by molar-refractivity contribution is -0.146. The third kappa shape index (κ3) is 5.70. The van der Waals surface area contributed by atoms with Gasteiger partial charge in [0, 0.05) is 46.0 Å². The van der Waals surface area contributed by atoms with Gasteiger partial charge >= 0.3 is 5.97 Å². The van der Waals surface area contributed by atoms with Crippen LogP contribution in [0.25, 0.3) is 0 Å². The van der Waals surface area contributed by atoms with Crippen molar-refractivity contribution in [3.63, 3.8) is 0 Å². The van der Waals surface area contributed by atoms with Crippen molar-refractivity contribution in [2.24, 2.45) is 10.9 Å². The molecule has 2 saturated heterocycles. The maximum atomic E-state index is 11.6. The van der Waals surface area contributed by atoms with Gasteiger partial charge < -0.3 is 19.9 Å². The number of rotatable bonds is 4. The van der Waals surface area contributed by atoms with E-state index in [2.05, 4.69) is 37.2 Å². The highest BCUT2D eigenvalue weighted by atomic mass is 127. The van der Waals surface area contributed by atoms with Crippen LogP contribution in [-0.2, 0) is 16.1 Å². The van der Waals surface area contributed by atoms with Crippen LogP contribution in [0.5, 0.6) is 0 Å². The molecule has 3 heterocycles. The van der Waals surface area contributed by atoms with Gasteiger partial charge in [-0.15, -0.1) is 24.0 Å². The first-order valence-electron chi connectivity index (χ1n) is 9.44. The van der Waals surface area contributed by atoms with Crippen LogP contribution in [0.2, 0.25) is 0 Å². The fraction of sp³-hybridized carbons (Fsp3) is 0.632. The molecule has 8 heteroatoms. The zero-order valence-electron chi connectivity index (χ0n) is 16.2. The van der Waals surface area contributed by atoms with Gasteiger partial charge in [-0.3, -0.25) is 9.79 Å². The molecule has 2 aliphatic heterocycles. The summed E-state index contributed by atoms with van der Waals surface area (Å²) in [6.07, 6.45) is 6.07. The molecular formula is C19H30IN5O2. The van der Waals surface area contributed by atoms with Crippen molar-refractivity contribution < 1.29 is 9.53 Å². The van der Waals surface area contributed by atoms with Crippen molar-refractivity contribution >= 4 is 41.7 Å². The van der Waals surface area contributed by atoms with Crippen molar-refractivity contribution in [1.82, 2.24) is 15.2 Å². The second-order valence-corrected chi connectivity index (χ2v) is 6.90. The number of carbonyl (C=O) groups excluding carboxylic acids is 1. The first-order valence-corrected chi connectivity index (χ1v) is 9.44. The number of methoxy groups -OCH3 is 1. The summed E-state index contributed by atoms with van der Waals surface area (Å²) in [7, 11) is 3.25. The molecule has 7 nitrogen and oxygen atoms in total. The van der Waals surface area contributed by atoms with Crippen LogP contribution >= 0.6 is 24.0 Å². The second-order valence-electron chi connectivity index (χ2n) is 6.90. The van der Waals surface area contributed by atoms with Gasteiger partial charge in [0.1, 0.15) is 5.82 Å². The number of ether oxygens (including phenoxy) is 1. The van der Waals surface area contributed by atoms with Crippen molar-refractivity contribution in [3.8, 4) is 0 Å². The van der Waals surface area contributed by atoms with Gasteiger partial charge in [0.05, 0.1) is 13.0 Å². The molecular weight excluding hydrogens is 457 g/mol. The Morgan fingerprint density at radius 3 is 2.52 bits per heavy atom. The first-order chi connectivity index (χ1) is 12.7. The summed E-state index contributed by atoms with van der Waals surface area (Å²) >= 11 is 0. The number of halogens is 1. The standard InChI is InChI=1S/C19H29N5O2.HI/c1-20-19(24-11-7-16(8-12-24)18(25)26-2)22-14-15-5-6-17(21-13-15)23-9-3-4-10-23;/h5-6,13,16H,3-4,7-12,14H2,1-2H3,(H,20,22);1H. The Morgan fingerprint density at radius 1 is 1.26 bits per heavy atom. The summed E-state index contributed by atoms with van der Waals surface area (Å²) in [5.74, 6) is 1.85. The highest BCUT2D eigenvalue weighted by Gasteiger charge is 2.26. The minimum atomic E-state index is -0.100. The predicted molar refractivity (Wildman–Crippen MR) is 118 cm³/mol. The molecule has 2 fully saturated rings. The van der Waals surface area contributed by atoms with Gasteiger partial charge in [-0.05, 0) is 37.3 Å². The summed E-state index contributed by atoms with van der Waals surface area (Å²) in [6, 6.07) is 4.23. The molecule has 1 aromatic rings. The van der Waals surface area contributed by atoms with Crippen molar-refractivity contribution in [2.45, 2.75) is 32.2 Å². The topological polar surface area (TPSA) is 70.1 Å². The van der Waals surface area contributed by atoms with Gasteiger partial charge in [0.25, 0.3) is 0 Å². The van der Waals surface area contributed by atoms with Crippen molar-refractivity contribution in [2.75, 3.05) is 45.2 Å². The van der Waals surface area contributed by atoms with Crippen molar-refractivity contribution in [1.29, 1.82) is 0 Å². The Labute approximate surface area is 178 Å². The summed E-state index contributed by atoms with van der Waals surface area (Å²) in [4.78, 5) is 25.2. The van der Waals surface area contributed by atoms with Gasteiger partial charge in [-0.25, -0.2) is 4.98 Å². The van der Waals surface area contributed by atoms with E-state index in [0.29, 0.717) is 6.54 Å². The molecule has 0 aliphatic carbocycles. The Balaban J connectivity index is 0.00000261. The lowest BCUT2D eigenvalue weighted by Crippen LogP contribution is -2.46. The Bertz CT molecular complexity index is 623. The molecule has 0 amide bonds. The number of hydrogen-bond acceptors (Lipinski definition) is 5. The molecule has 0 radical (unpaired) electrons. The van der Waals surface area contributed by atoms with Crippen LogP contribution < -0.4 is 10.2 Å². The minimum Gasteiger partial charge on any atom is -0.469 e. The number of pyridine rings is 1. The predicted octanol–water partition coefficient (Wildman–Crippen LogP) is 2.26. The van der Waals surface area contributed by atoms with E-state index in [4.69, 9.17) is 4.74 Å². The van der Waals surface area contributed by atoms with E-state index in [1.807, 2.05) is 6.20 Å². The summed E-state index contributed by atoms with van der Waals surface area (Å²) < 4.78 is 4.85. The third-order valence-electron chi connectivity index (χ3n) is 5.23. The van der Waals surface area contributed by atoms with Gasteiger partial charge in [-0.2, -0.15) is 0 Å². The SMILES string of the molecule is CN=C(NCc1ccc(N2CCCC2)nc1)N1CCC(C(=O)OC)CC1.I. The number of aliphatic imine (C=N–C) groups is 1. The number of esters is 1. The highest BCUT2D eigenvalue weighted by molar-refractivity contribution is 14.0. The van der Waals surface area contributed by atoms with E-state index in [1.165, 1.54) is 20.0 Å². The van der Waals surface area contributed by atoms with Gasteiger partial charge in [0.15, 0.2) is 5.96 Å². The molecule has 0 spiro atoms. The van der Waals surface area contributed by atoms with Gasteiger partial charge in [0.2, 0.25) is 0 Å². The molecule has 0 saturated carbocycles. The lowest BCUT2D eigenvalue weighted by Gasteiger charge is -2.33. The number of nitrogens with zero attached hydrogens (tertiary/aromatic N) is 4. The average molecular weight is 487 g/mol. The quantitative estimate of drug-likeness (QED) is 0.304. The van der Waals surface area contributed by atoms with E-state index in [9.17, 15) is 4.79 Å². The number of aromatic nitrogens is 1. The summed E-state index contributed by atoms with van der Waals surface area (Å²) in [5, 5.41) is 3.41. The van der Waals surface area contributed by atoms with Gasteiger partial charge in [-0.1, -0.05) is 6.07 Å². The van der Waals surface area contributed by atoms with Crippen LogP contribution in [0.1, 0.15) is 31.2 Å². The molecule has 0 bridgehead atoms. The number of hydrogen-bond donors (Lipinski definition) is 1. The number of piperidine rings is 1. The second kappa shape index (κ2) is 10.7. The van der Waals surface area contributed by atoms with E-state index in [1.54, 1.807) is 7.05 Å². The molecule has 27 heavy (non-hydrogen) atoms. The highest BCUT2D eigenvalue weighted by Crippen LogP contribution is 2.19. The Hall–Kier alpha value is -1.58. The maximum Gasteiger partial charge on any atom is 0.308 e. The fourth-order valence-corrected chi connectivity index (χ4v) is 3.66. The number of guanidine groups is 1. The average Bonchev–Trinajstić information content (AvgIpc) is 3.23. The lowest BCUT2D eigenvalue weighted by atomic mass is 9.97. The molecule has 0 atom stereocenters. The normalized spacial score (nSPS) is 18.2. The smallest absolute Gasteiger partial charge is 0.308 e. The minimum absolute atomic E-state index is 0. The zero-order valence-corrected chi connectivity index (χ0v) is 18.5. The first kappa shape index (κ1) is 21.7. The molecule has 0 aromatic carbocycles. The largest absolute Gasteiger partial charge is 0.469 e. The summed E-state index contributed by atoms with van der Waals surface area (Å²) in [5.41, 5.74) is 1.14. The van der Waals surface area contributed by atoms with Crippen LogP contribution in [0, 0.1) is 5.92 Å². The van der Waals surface area contributed by atoms with E-state index in [-0.39, 0.29) is 35.9 Å². The zero-order chi connectivity index (χ0) is 18.4. The number of carbonyl (C=O) groups is 1. The van der Waals surface area contributed by atoms with Crippen LogP contribution in [0.4, 0.5) is 5.82 Å². The Kier molecular flexibility index (Phi) is 8.59. The molecule has 0 unspecified atom stereocenters. The monoisotopic (exact) mass is 487 g/mol. The van der Waals surface area contributed by atoms with E-state index < -0.39 is 0 Å². The number of nitrogens with one attached hydrogen (secondary N) is 1. The molecule has 1 aromatic heterocycles. The van der Waals surface area contributed by atoms with Crippen LogP contribution in [0.3, 0.4) is 0 Å². The van der Waals surface area contributed by atoms with Crippen LogP contribution in [-0.4, -0.2) is 62.1 Å². The molecule has 150 valence electrons. The van der Waals surface area contributed by atoms with Crippen LogP contribution in [0.15, 0.2) is 23.3 Å². The van der Waals surface area contributed by atoms with Crippen molar-refractivity contribution in [3.05, 3.63) is 23.9 Å². The fourth-order valence-electron chi connectivity index (χ4n) is 3.66. The Morgan fingerprint density at radius 2 is 1.96 bits per heavy atom. The molecule has 2 aliphatic rings. The molecule has 3 rings (SSSR count). The maximum absolute atomic E-state index is 11.6. The van der Waals surface area contributed by atoms with E-state index in [0.717, 1.165) is 56.4 Å². The number of anilines is 1. The molecule has 1 N–H and O–H groups in total. The third-order valence-corrected chi connectivity index (χ3v) is 5.23. The summed E-state index contributed by atoms with van der Waals surface area (Å²) in [6.45, 7) is 4.53. The van der Waals surface area contributed by atoms with E-state index >= 15 is 0 Å². The number of likely N-dealkylation sites (tertiary alicyclic amines) is 1.